The molecule has 0 fully saturated rings. The molecule has 1 aliphatic heterocycles. The molecule has 5 heteroatoms. The van der Waals surface area contributed by atoms with Gasteiger partial charge in [0.25, 0.3) is 0 Å². The first kappa shape index (κ1) is 14.5. The van der Waals surface area contributed by atoms with E-state index in [1.807, 2.05) is 24.3 Å². The molecule has 4 rings (SSSR count). The predicted octanol–water partition coefficient (Wildman–Crippen LogP) is 3.49. The molecule has 0 saturated carbocycles. The van der Waals surface area contributed by atoms with Gasteiger partial charge in [-0.15, -0.1) is 0 Å². The number of aliphatic imine (C=N–C) groups is 1. The zero-order valence-corrected chi connectivity index (χ0v) is 13.1. The van der Waals surface area contributed by atoms with E-state index < -0.39 is 0 Å². The van der Waals surface area contributed by atoms with Crippen LogP contribution < -0.4 is 0 Å². The van der Waals surface area contributed by atoms with E-state index in [0.29, 0.717) is 6.42 Å². The summed E-state index contributed by atoms with van der Waals surface area (Å²) in [5.41, 5.74) is 5.13. The minimum absolute atomic E-state index is 0.0700. The number of imidazole rings is 1. The molecular weight excluding hydrogens is 300 g/mol. The molecule has 5 nitrogen and oxygen atoms in total. The molecular formula is C19H16N4O. The van der Waals surface area contributed by atoms with Crippen molar-refractivity contribution in [2.45, 2.75) is 19.3 Å². The molecule has 0 aliphatic carbocycles. The second-order valence-electron chi connectivity index (χ2n) is 5.80. The Hall–Kier alpha value is -3.08. The summed E-state index contributed by atoms with van der Waals surface area (Å²) >= 11 is 0. The molecule has 0 saturated heterocycles. The number of aromatic nitrogens is 3. The third-order valence-corrected chi connectivity index (χ3v) is 4.06. The van der Waals surface area contributed by atoms with Gasteiger partial charge in [0, 0.05) is 30.1 Å². The summed E-state index contributed by atoms with van der Waals surface area (Å²) in [6, 6.07) is 10.1. The van der Waals surface area contributed by atoms with Crippen LogP contribution in [0.5, 0.6) is 0 Å². The third-order valence-electron chi connectivity index (χ3n) is 4.06. The first-order valence-corrected chi connectivity index (χ1v) is 7.93. The lowest BCUT2D eigenvalue weighted by Gasteiger charge is -2.05. The van der Waals surface area contributed by atoms with Gasteiger partial charge in [-0.2, -0.15) is 0 Å². The monoisotopic (exact) mass is 316 g/mol. The Morgan fingerprint density at radius 1 is 1.17 bits per heavy atom. The minimum atomic E-state index is 0.0700. The molecule has 118 valence electrons. The summed E-state index contributed by atoms with van der Waals surface area (Å²) in [5, 5.41) is 0. The summed E-state index contributed by atoms with van der Waals surface area (Å²) in [6.07, 6.45) is 9.07. The average molecular weight is 316 g/mol. The number of nitrogens with one attached hydrogen (secondary N) is 1. The van der Waals surface area contributed by atoms with Gasteiger partial charge in [0.1, 0.15) is 5.82 Å². The van der Waals surface area contributed by atoms with Crippen LogP contribution in [0.1, 0.15) is 18.4 Å². The van der Waals surface area contributed by atoms with Crippen LogP contribution in [-0.4, -0.2) is 26.9 Å². The van der Waals surface area contributed by atoms with Gasteiger partial charge in [-0.3, -0.25) is 14.8 Å². The number of Topliss-reactive ketones (excluding diaryl/α,β-unsaturated/α-hetero) is 1. The normalized spacial score (nSPS) is 14.2. The summed E-state index contributed by atoms with van der Waals surface area (Å²) in [5.74, 6) is 0.897. The average Bonchev–Trinajstić information content (AvgIpc) is 3.05. The Bertz CT molecular complexity index is 954. The molecule has 3 heterocycles. The van der Waals surface area contributed by atoms with Gasteiger partial charge in [0.15, 0.2) is 5.78 Å². The molecule has 2 aromatic heterocycles. The number of allylic oxidation sites excluding steroid dienone is 2. The molecule has 24 heavy (non-hydrogen) atoms. The zero-order valence-electron chi connectivity index (χ0n) is 13.1. The van der Waals surface area contributed by atoms with Gasteiger partial charge in [-0.1, -0.05) is 12.1 Å². The highest BCUT2D eigenvalue weighted by Crippen LogP contribution is 2.22. The Kier molecular flexibility index (Phi) is 3.75. The van der Waals surface area contributed by atoms with Crippen LogP contribution in [-0.2, 0) is 11.2 Å². The molecule has 0 atom stereocenters. The van der Waals surface area contributed by atoms with Crippen molar-refractivity contribution in [2.24, 2.45) is 4.99 Å². The summed E-state index contributed by atoms with van der Waals surface area (Å²) in [6.45, 7) is 0. The van der Waals surface area contributed by atoms with Crippen LogP contribution in [0, 0.1) is 0 Å². The van der Waals surface area contributed by atoms with Gasteiger partial charge in [-0.25, -0.2) is 4.98 Å². The smallest absolute Gasteiger partial charge is 0.177 e. The first-order chi connectivity index (χ1) is 11.8. The van der Waals surface area contributed by atoms with Crippen molar-refractivity contribution in [2.75, 3.05) is 0 Å². The number of H-pyrrole nitrogens is 1. The molecule has 0 bridgehead atoms. The van der Waals surface area contributed by atoms with Crippen molar-refractivity contribution in [1.82, 2.24) is 15.0 Å². The Balaban J connectivity index is 1.53. The summed E-state index contributed by atoms with van der Waals surface area (Å²) in [4.78, 5) is 27.4. The van der Waals surface area contributed by atoms with Gasteiger partial charge < -0.3 is 4.98 Å². The number of pyridine rings is 1. The lowest BCUT2D eigenvalue weighted by molar-refractivity contribution is -0.111. The third kappa shape index (κ3) is 3.01. The molecule has 0 spiro atoms. The molecule has 0 radical (unpaired) electrons. The van der Waals surface area contributed by atoms with Crippen molar-refractivity contribution in [3.05, 3.63) is 60.1 Å². The van der Waals surface area contributed by atoms with Crippen molar-refractivity contribution in [3.8, 4) is 11.4 Å². The van der Waals surface area contributed by atoms with Gasteiger partial charge in [0.2, 0.25) is 0 Å². The minimum Gasteiger partial charge on any atom is -0.338 e. The van der Waals surface area contributed by atoms with E-state index in [0.717, 1.165) is 41.0 Å². The second-order valence-corrected chi connectivity index (χ2v) is 5.80. The van der Waals surface area contributed by atoms with Gasteiger partial charge in [-0.05, 0) is 42.7 Å². The van der Waals surface area contributed by atoms with E-state index in [2.05, 4.69) is 32.1 Å². The van der Waals surface area contributed by atoms with E-state index >= 15 is 0 Å². The highest BCUT2D eigenvalue weighted by molar-refractivity contribution is 6.28. The van der Waals surface area contributed by atoms with Crippen molar-refractivity contribution in [1.29, 1.82) is 0 Å². The number of carbonyl (C=O) groups is 1. The van der Waals surface area contributed by atoms with E-state index in [4.69, 9.17) is 0 Å². The second kappa shape index (κ2) is 6.20. The first-order valence-electron chi connectivity index (χ1n) is 7.93. The summed E-state index contributed by atoms with van der Waals surface area (Å²) < 4.78 is 0. The van der Waals surface area contributed by atoms with Crippen LogP contribution in [0.2, 0.25) is 0 Å². The van der Waals surface area contributed by atoms with Crippen LogP contribution in [0.4, 0.5) is 0 Å². The van der Waals surface area contributed by atoms with Crippen LogP contribution in [0.25, 0.3) is 22.4 Å². The van der Waals surface area contributed by atoms with Crippen molar-refractivity contribution in [3.63, 3.8) is 0 Å². The van der Waals surface area contributed by atoms with Crippen LogP contribution >= 0.6 is 0 Å². The molecule has 3 aromatic rings. The highest BCUT2D eigenvalue weighted by Gasteiger charge is 2.08. The van der Waals surface area contributed by atoms with Gasteiger partial charge >= 0.3 is 0 Å². The molecule has 0 unspecified atom stereocenters. The number of carbonyl (C=O) groups excluding carboxylic acids is 1. The SMILES string of the molecule is O=C1C=NC(CCc2ccc3nc(-c4cccnc4)[nH]c3c2)=CC1. The topological polar surface area (TPSA) is 71.0 Å². The highest BCUT2D eigenvalue weighted by atomic mass is 16.1. The Morgan fingerprint density at radius 3 is 2.92 bits per heavy atom. The fourth-order valence-electron chi connectivity index (χ4n) is 2.77. The van der Waals surface area contributed by atoms with Crippen LogP contribution in [0.3, 0.4) is 0 Å². The summed E-state index contributed by atoms with van der Waals surface area (Å²) in [7, 11) is 0. The van der Waals surface area contributed by atoms with E-state index in [1.54, 1.807) is 12.4 Å². The van der Waals surface area contributed by atoms with Crippen molar-refractivity contribution >= 4 is 23.0 Å². The van der Waals surface area contributed by atoms with E-state index in [9.17, 15) is 4.79 Å². The van der Waals surface area contributed by atoms with Crippen molar-refractivity contribution < 1.29 is 4.79 Å². The molecule has 1 aliphatic rings. The fraction of sp³-hybridized carbons (Fsp3) is 0.158. The number of aryl methyl sites for hydroxylation is 1. The Labute approximate surface area is 139 Å². The van der Waals surface area contributed by atoms with Crippen LogP contribution in [0.15, 0.2) is 59.5 Å². The van der Waals surface area contributed by atoms with E-state index in [1.165, 1.54) is 11.8 Å². The number of rotatable bonds is 4. The lowest BCUT2D eigenvalue weighted by Crippen LogP contribution is -2.03. The maximum atomic E-state index is 11.1. The zero-order chi connectivity index (χ0) is 16.4. The number of benzene rings is 1. The quantitative estimate of drug-likeness (QED) is 0.801. The maximum absolute atomic E-state index is 11.1. The Morgan fingerprint density at radius 2 is 2.12 bits per heavy atom. The number of nitrogens with zero attached hydrogens (tertiary/aromatic N) is 3. The molecule has 1 N–H and O–H groups in total. The number of hydrogen-bond acceptors (Lipinski definition) is 4. The maximum Gasteiger partial charge on any atom is 0.177 e. The standard InChI is InChI=1S/C19H16N4O/c24-16-7-6-15(21-12-16)5-3-13-4-8-17-18(10-13)23-19(22-17)14-2-1-9-20-11-14/h1-2,4,6,8-12H,3,5,7H2,(H,22,23). The van der Waals surface area contributed by atoms with E-state index in [-0.39, 0.29) is 5.78 Å². The number of fused-ring (bicyclic) bond motifs is 1. The van der Waals surface area contributed by atoms with Gasteiger partial charge in [0.05, 0.1) is 17.2 Å². The number of ketones is 1. The number of hydrogen-bond donors (Lipinski definition) is 1. The predicted molar refractivity (Wildman–Crippen MR) is 93.8 cm³/mol. The largest absolute Gasteiger partial charge is 0.338 e. The molecule has 1 aromatic carbocycles. The molecule has 0 amide bonds. The lowest BCUT2D eigenvalue weighted by atomic mass is 10.1. The fourth-order valence-corrected chi connectivity index (χ4v) is 2.77. The number of aromatic amines is 1.